The predicted molar refractivity (Wildman–Crippen MR) is 158 cm³/mol. The Labute approximate surface area is 219 Å². The molecular weight excluding hydrogens is 466 g/mol. The third kappa shape index (κ3) is 2.99. The Morgan fingerprint density at radius 3 is 1.76 bits per heavy atom. The van der Waals surface area contributed by atoms with E-state index in [0.29, 0.717) is 12.6 Å². The fourth-order valence-electron chi connectivity index (χ4n) is 5.80. The smallest absolute Gasteiger partial charge is 0.233 e. The number of hydrogen-bond acceptors (Lipinski definition) is 3. The molecule has 7 aromatic rings. The number of hydrogen-bond donors (Lipinski definition) is 1. The van der Waals surface area contributed by atoms with Crippen LogP contribution < -0.4 is 5.32 Å². The molecule has 0 bridgehead atoms. The first kappa shape index (κ1) is 21.0. The average molecular weight is 490 g/mol. The van der Waals surface area contributed by atoms with Gasteiger partial charge in [-0.25, -0.2) is 4.99 Å². The number of nitrogens with one attached hydrogen (secondary N) is 1. The van der Waals surface area contributed by atoms with Crippen molar-refractivity contribution in [3.05, 3.63) is 127 Å². The van der Waals surface area contributed by atoms with E-state index in [4.69, 9.17) is 9.98 Å². The summed E-state index contributed by atoms with van der Waals surface area (Å²) in [6, 6.07) is 42.5. The van der Waals surface area contributed by atoms with Crippen molar-refractivity contribution in [3.63, 3.8) is 0 Å². The molecule has 8 rings (SSSR count). The maximum Gasteiger partial charge on any atom is 0.233 e. The molecule has 180 valence electrons. The van der Waals surface area contributed by atoms with E-state index in [0.717, 1.165) is 33.6 Å². The van der Waals surface area contributed by atoms with Crippen LogP contribution in [0.1, 0.15) is 5.56 Å². The lowest BCUT2D eigenvalue weighted by molar-refractivity contribution is 0.891. The second-order valence-corrected chi connectivity index (χ2v) is 9.52. The lowest BCUT2D eigenvalue weighted by atomic mass is 10.1. The van der Waals surface area contributed by atoms with Crippen molar-refractivity contribution in [1.29, 1.82) is 0 Å². The maximum atomic E-state index is 5.07. The van der Waals surface area contributed by atoms with E-state index in [2.05, 4.69) is 118 Å². The summed E-state index contributed by atoms with van der Waals surface area (Å²) in [6.45, 7) is 0.467. The van der Waals surface area contributed by atoms with Gasteiger partial charge >= 0.3 is 0 Å². The van der Waals surface area contributed by atoms with Crippen molar-refractivity contribution >= 4 is 55.4 Å². The SMILES string of the molecule is c1ccc(C2=NC(n3c4ccccc4c4ccc5c6ccccc6n(-c6ccccc6)c5c43)=NCN2)cc1. The molecule has 0 atom stereocenters. The second-order valence-electron chi connectivity index (χ2n) is 9.52. The molecule has 0 fully saturated rings. The molecule has 1 aliphatic heterocycles. The van der Waals surface area contributed by atoms with Gasteiger partial charge in [0.05, 0.1) is 22.1 Å². The van der Waals surface area contributed by atoms with Crippen molar-refractivity contribution < 1.29 is 0 Å². The highest BCUT2D eigenvalue weighted by molar-refractivity contribution is 6.26. The van der Waals surface area contributed by atoms with Crippen LogP contribution in [0.25, 0.3) is 49.3 Å². The number of fused-ring (bicyclic) bond motifs is 7. The zero-order valence-corrected chi connectivity index (χ0v) is 20.5. The predicted octanol–water partition coefficient (Wildman–Crippen LogP) is 7.10. The second kappa shape index (κ2) is 8.18. The van der Waals surface area contributed by atoms with Crippen LogP contribution in [0.4, 0.5) is 0 Å². The van der Waals surface area contributed by atoms with Gasteiger partial charge in [-0.3, -0.25) is 4.57 Å². The van der Waals surface area contributed by atoms with Gasteiger partial charge in [-0.05, 0) is 24.3 Å². The molecular formula is C33H23N5. The van der Waals surface area contributed by atoms with Crippen molar-refractivity contribution in [2.45, 2.75) is 0 Å². The first-order chi connectivity index (χ1) is 18.9. The van der Waals surface area contributed by atoms with Crippen LogP contribution in [0.5, 0.6) is 0 Å². The van der Waals surface area contributed by atoms with Crippen LogP contribution in [0.15, 0.2) is 131 Å². The first-order valence-electron chi connectivity index (χ1n) is 12.8. The molecule has 3 heterocycles. The minimum Gasteiger partial charge on any atom is -0.350 e. The highest BCUT2D eigenvalue weighted by Crippen LogP contribution is 2.40. The molecule has 1 N–H and O–H groups in total. The van der Waals surface area contributed by atoms with Crippen LogP contribution in [-0.4, -0.2) is 27.6 Å². The fraction of sp³-hybridized carbons (Fsp3) is 0.0303. The van der Waals surface area contributed by atoms with Crippen molar-refractivity contribution in [1.82, 2.24) is 14.5 Å². The van der Waals surface area contributed by atoms with E-state index in [1.807, 2.05) is 18.2 Å². The minimum absolute atomic E-state index is 0.467. The Morgan fingerprint density at radius 1 is 0.526 bits per heavy atom. The topological polar surface area (TPSA) is 46.6 Å². The van der Waals surface area contributed by atoms with Crippen molar-refractivity contribution in [3.8, 4) is 5.69 Å². The Bertz CT molecular complexity index is 2060. The number of para-hydroxylation sites is 3. The van der Waals surface area contributed by atoms with Crippen LogP contribution in [0, 0.1) is 0 Å². The molecule has 5 heteroatoms. The number of aromatic nitrogens is 2. The van der Waals surface area contributed by atoms with Crippen LogP contribution in [0.2, 0.25) is 0 Å². The quantitative estimate of drug-likeness (QED) is 0.277. The number of nitrogens with zero attached hydrogens (tertiary/aromatic N) is 4. The van der Waals surface area contributed by atoms with E-state index < -0.39 is 0 Å². The standard InChI is InChI=1S/C33H23N5/c1-3-11-22(12-4-1)32-34-21-35-33(36-32)38-29-18-10-8-16-25(29)27-20-19-26-24-15-7-9-17-28(24)37(30(26)31(27)38)23-13-5-2-6-14-23/h1-20H,21H2,(H,34,35,36). The van der Waals surface area contributed by atoms with Gasteiger partial charge in [-0.15, -0.1) is 0 Å². The average Bonchev–Trinajstić information content (AvgIpc) is 3.51. The van der Waals surface area contributed by atoms with Crippen molar-refractivity contribution in [2.75, 3.05) is 6.67 Å². The molecule has 38 heavy (non-hydrogen) atoms. The molecule has 0 radical (unpaired) electrons. The van der Waals surface area contributed by atoms with Gasteiger partial charge in [0.15, 0.2) is 0 Å². The number of benzene rings is 5. The molecule has 0 spiro atoms. The molecule has 5 aromatic carbocycles. The summed E-state index contributed by atoms with van der Waals surface area (Å²) in [5.74, 6) is 1.52. The maximum absolute atomic E-state index is 5.07. The third-order valence-electron chi connectivity index (χ3n) is 7.41. The minimum atomic E-state index is 0.467. The zero-order chi connectivity index (χ0) is 25.1. The normalized spacial score (nSPS) is 13.7. The highest BCUT2D eigenvalue weighted by Gasteiger charge is 2.23. The lowest BCUT2D eigenvalue weighted by Crippen LogP contribution is -2.32. The van der Waals surface area contributed by atoms with Gasteiger partial charge in [-0.1, -0.05) is 97.1 Å². The Hall–Kier alpha value is -5.16. The van der Waals surface area contributed by atoms with E-state index in [1.165, 1.54) is 27.1 Å². The highest BCUT2D eigenvalue weighted by atomic mass is 15.3. The van der Waals surface area contributed by atoms with Gasteiger partial charge in [0, 0.05) is 32.8 Å². The van der Waals surface area contributed by atoms with Crippen LogP contribution in [-0.2, 0) is 0 Å². The van der Waals surface area contributed by atoms with Gasteiger partial charge in [0.2, 0.25) is 5.96 Å². The van der Waals surface area contributed by atoms with E-state index >= 15 is 0 Å². The molecule has 1 aliphatic rings. The van der Waals surface area contributed by atoms with Crippen LogP contribution >= 0.6 is 0 Å². The summed E-state index contributed by atoms with van der Waals surface area (Å²) in [7, 11) is 0. The van der Waals surface area contributed by atoms with Gasteiger partial charge in [-0.2, -0.15) is 4.99 Å². The van der Waals surface area contributed by atoms with E-state index in [1.54, 1.807) is 0 Å². The summed E-state index contributed by atoms with van der Waals surface area (Å²) in [5, 5.41) is 8.17. The molecule has 5 nitrogen and oxygen atoms in total. The summed E-state index contributed by atoms with van der Waals surface area (Å²) in [4.78, 5) is 9.95. The molecule has 0 aliphatic carbocycles. The number of rotatable bonds is 2. The number of amidine groups is 1. The Kier molecular flexibility index (Phi) is 4.52. The Morgan fingerprint density at radius 2 is 1.08 bits per heavy atom. The molecule has 0 unspecified atom stereocenters. The van der Waals surface area contributed by atoms with Gasteiger partial charge < -0.3 is 9.88 Å². The summed E-state index contributed by atoms with van der Waals surface area (Å²) < 4.78 is 4.63. The number of aliphatic imine (C=N–C) groups is 2. The van der Waals surface area contributed by atoms with E-state index in [-0.39, 0.29) is 0 Å². The zero-order valence-electron chi connectivity index (χ0n) is 20.5. The largest absolute Gasteiger partial charge is 0.350 e. The molecule has 0 saturated carbocycles. The van der Waals surface area contributed by atoms with Gasteiger partial charge in [0.25, 0.3) is 0 Å². The Balaban J connectivity index is 1.54. The molecule has 0 amide bonds. The first-order valence-corrected chi connectivity index (χ1v) is 12.8. The van der Waals surface area contributed by atoms with Gasteiger partial charge in [0.1, 0.15) is 12.5 Å². The van der Waals surface area contributed by atoms with Crippen molar-refractivity contribution in [2.24, 2.45) is 9.98 Å². The third-order valence-corrected chi connectivity index (χ3v) is 7.41. The monoisotopic (exact) mass is 489 g/mol. The fourth-order valence-corrected chi connectivity index (χ4v) is 5.80. The molecule has 2 aromatic heterocycles. The summed E-state index contributed by atoms with van der Waals surface area (Å²) in [5.41, 5.74) is 6.72. The summed E-state index contributed by atoms with van der Waals surface area (Å²) >= 11 is 0. The van der Waals surface area contributed by atoms with Crippen LogP contribution in [0.3, 0.4) is 0 Å². The molecule has 0 saturated heterocycles. The summed E-state index contributed by atoms with van der Waals surface area (Å²) in [6.07, 6.45) is 0. The van der Waals surface area contributed by atoms with E-state index in [9.17, 15) is 0 Å². The lowest BCUT2D eigenvalue weighted by Gasteiger charge is -2.17.